The maximum atomic E-state index is 8.30. The minimum Gasteiger partial charge on any atom is -0.386 e. The molecule has 0 bridgehead atoms. The summed E-state index contributed by atoms with van der Waals surface area (Å²) in [6, 6.07) is 0. The summed E-state index contributed by atoms with van der Waals surface area (Å²) in [6.45, 7) is 0. The fourth-order valence-electron chi connectivity index (χ4n) is 0.265. The minimum atomic E-state index is -4.34. The number of hydrogen-bond donors (Lipinski definition) is 6. The van der Waals surface area contributed by atoms with Gasteiger partial charge in [0, 0.05) is 11.4 Å². The van der Waals surface area contributed by atoms with Crippen LogP contribution in [0.1, 0.15) is 0 Å². The maximum Gasteiger partial charge on any atom is 0.529 e. The molecule has 0 aliphatic carbocycles. The molecule has 0 radical (unpaired) electrons. The van der Waals surface area contributed by atoms with Gasteiger partial charge in [0.2, 0.25) is 0 Å². The first-order valence-corrected chi connectivity index (χ1v) is 6.33. The maximum absolute atomic E-state index is 8.30. The fraction of sp³-hybridized carbons (Fsp3) is 0. The zero-order valence-corrected chi connectivity index (χ0v) is 7.34. The molecule has 0 saturated heterocycles. The van der Waals surface area contributed by atoms with Gasteiger partial charge in [-0.2, -0.15) is 0 Å². The van der Waals surface area contributed by atoms with Crippen LogP contribution in [0.15, 0.2) is 17.1 Å². The van der Waals surface area contributed by atoms with Gasteiger partial charge >= 0.3 is 17.6 Å². The van der Waals surface area contributed by atoms with E-state index in [0.29, 0.717) is 11.4 Å². The van der Waals surface area contributed by atoms with E-state index in [1.54, 1.807) is 0 Å². The minimum absolute atomic E-state index is 0.470. The second-order valence-corrected chi connectivity index (χ2v) is 5.16. The molecule has 6 nitrogen and oxygen atoms in total. The highest BCUT2D eigenvalue weighted by atomic mass is 28.4. The van der Waals surface area contributed by atoms with E-state index in [0.717, 1.165) is 0 Å². The van der Waals surface area contributed by atoms with E-state index in [9.17, 15) is 0 Å². The van der Waals surface area contributed by atoms with Crippen LogP contribution in [0.3, 0.4) is 0 Å². The molecule has 0 aliphatic heterocycles. The molecule has 0 saturated carbocycles. The number of hydrogen-bond acceptors (Lipinski definition) is 6. The lowest BCUT2D eigenvalue weighted by molar-refractivity contribution is 0.247. The molecule has 64 valence electrons. The van der Waals surface area contributed by atoms with Gasteiger partial charge < -0.3 is 28.8 Å². The molecular formula is C3H8O6Si2. The summed E-state index contributed by atoms with van der Waals surface area (Å²) in [6.07, 6.45) is 0. The molecule has 11 heavy (non-hydrogen) atoms. The summed E-state index contributed by atoms with van der Waals surface area (Å²) in [5.74, 6) is 0. The molecule has 0 fully saturated rings. The Balaban J connectivity index is 4.25. The molecule has 8 heteroatoms. The zero-order chi connectivity index (χ0) is 9.12. The Morgan fingerprint density at radius 3 is 1.18 bits per heavy atom. The van der Waals surface area contributed by atoms with Crippen LogP contribution in [0.2, 0.25) is 0 Å². The summed E-state index contributed by atoms with van der Waals surface area (Å²) in [4.78, 5) is 49.8. The summed E-state index contributed by atoms with van der Waals surface area (Å²) >= 11 is 0. The predicted octanol–water partition coefficient (Wildman–Crippen LogP) is -3.39. The zero-order valence-electron chi connectivity index (χ0n) is 5.34. The van der Waals surface area contributed by atoms with E-state index in [4.69, 9.17) is 28.8 Å². The lowest BCUT2D eigenvalue weighted by atomic mass is 11.0. The predicted molar refractivity (Wildman–Crippen MR) is 37.5 cm³/mol. The van der Waals surface area contributed by atoms with Gasteiger partial charge in [-0.25, -0.2) is 0 Å². The monoisotopic (exact) mass is 196 g/mol. The second-order valence-electron chi connectivity index (χ2n) is 1.83. The normalized spacial score (nSPS) is 12.2. The molecule has 0 aromatic carbocycles. The summed E-state index contributed by atoms with van der Waals surface area (Å²) < 4.78 is 0. The SMILES string of the molecule is O[Si](O)(O)C=C=C[Si](O)(O)O. The van der Waals surface area contributed by atoms with Crippen molar-refractivity contribution < 1.29 is 28.8 Å². The molecule has 0 aromatic heterocycles. The highest BCUT2D eigenvalue weighted by Crippen LogP contribution is 1.88. The molecule has 0 atom stereocenters. The van der Waals surface area contributed by atoms with Gasteiger partial charge in [-0.1, -0.05) is 0 Å². The van der Waals surface area contributed by atoms with Crippen molar-refractivity contribution in [1.82, 2.24) is 0 Å². The highest BCUT2D eigenvalue weighted by Gasteiger charge is 2.24. The summed E-state index contributed by atoms with van der Waals surface area (Å²) in [5.41, 5.74) is 2.78. The molecule has 0 unspecified atom stereocenters. The third-order valence-corrected chi connectivity index (χ3v) is 1.66. The first-order chi connectivity index (χ1) is 4.71. The molecule has 0 heterocycles. The van der Waals surface area contributed by atoms with Crippen molar-refractivity contribution in [2.24, 2.45) is 0 Å². The van der Waals surface area contributed by atoms with E-state index < -0.39 is 17.6 Å². The first kappa shape index (κ1) is 10.7. The molecule has 6 N–H and O–H groups in total. The van der Waals surface area contributed by atoms with Crippen LogP contribution >= 0.6 is 0 Å². The fourth-order valence-corrected chi connectivity index (χ4v) is 1.05. The average molecular weight is 196 g/mol. The van der Waals surface area contributed by atoms with Crippen molar-refractivity contribution in [3.05, 3.63) is 17.1 Å². The third kappa shape index (κ3) is 9.71. The van der Waals surface area contributed by atoms with E-state index in [1.165, 1.54) is 0 Å². The Morgan fingerprint density at radius 1 is 0.727 bits per heavy atom. The topological polar surface area (TPSA) is 121 Å². The summed E-state index contributed by atoms with van der Waals surface area (Å²) in [7, 11) is -8.67. The van der Waals surface area contributed by atoms with E-state index in [2.05, 4.69) is 0 Å². The lowest BCUT2D eigenvalue weighted by Gasteiger charge is -2.00. The largest absolute Gasteiger partial charge is 0.529 e. The lowest BCUT2D eigenvalue weighted by Crippen LogP contribution is -2.33. The Morgan fingerprint density at radius 2 is 1.00 bits per heavy atom. The van der Waals surface area contributed by atoms with Gasteiger partial charge in [-0.3, -0.25) is 0 Å². The second kappa shape index (κ2) is 3.41. The van der Waals surface area contributed by atoms with Crippen LogP contribution in [-0.2, 0) is 0 Å². The Labute approximate surface area is 64.4 Å². The Bertz CT molecular complexity index is 163. The van der Waals surface area contributed by atoms with E-state index >= 15 is 0 Å². The van der Waals surface area contributed by atoms with Crippen LogP contribution in [0.25, 0.3) is 0 Å². The quantitative estimate of drug-likeness (QED) is 0.202. The van der Waals surface area contributed by atoms with Crippen molar-refractivity contribution in [3.8, 4) is 0 Å². The van der Waals surface area contributed by atoms with Gasteiger partial charge in [0.15, 0.2) is 0 Å². The standard InChI is InChI=1S/C3H8O6Si2/c4-10(5,6)2-1-3-11(7,8)9/h2-9H. The Kier molecular flexibility index (Phi) is 3.32. The van der Waals surface area contributed by atoms with Gasteiger partial charge in [0.05, 0.1) is 0 Å². The van der Waals surface area contributed by atoms with Gasteiger partial charge in [-0.15, -0.1) is 5.73 Å². The molecule has 0 rings (SSSR count). The Hall–Kier alpha value is -0.286. The smallest absolute Gasteiger partial charge is 0.386 e. The van der Waals surface area contributed by atoms with Crippen LogP contribution < -0.4 is 0 Å². The third-order valence-electron chi connectivity index (χ3n) is 0.554. The van der Waals surface area contributed by atoms with Crippen LogP contribution in [-0.4, -0.2) is 46.4 Å². The molecular weight excluding hydrogens is 188 g/mol. The van der Waals surface area contributed by atoms with Gasteiger partial charge in [-0.05, 0) is 0 Å². The van der Waals surface area contributed by atoms with E-state index in [1.807, 2.05) is 5.73 Å². The molecule has 0 aliphatic rings. The average Bonchev–Trinajstić information content (AvgIpc) is 1.55. The number of rotatable bonds is 2. The molecule has 0 amide bonds. The highest BCUT2D eigenvalue weighted by molar-refractivity contribution is 6.63. The van der Waals surface area contributed by atoms with Crippen molar-refractivity contribution in [2.45, 2.75) is 0 Å². The van der Waals surface area contributed by atoms with Crippen molar-refractivity contribution in [2.75, 3.05) is 0 Å². The first-order valence-electron chi connectivity index (χ1n) is 2.50. The van der Waals surface area contributed by atoms with Crippen molar-refractivity contribution >= 4 is 17.6 Å². The van der Waals surface area contributed by atoms with Crippen LogP contribution in [0.4, 0.5) is 0 Å². The summed E-state index contributed by atoms with van der Waals surface area (Å²) in [5, 5.41) is 0. The van der Waals surface area contributed by atoms with Gasteiger partial charge in [0.25, 0.3) is 0 Å². The van der Waals surface area contributed by atoms with Crippen LogP contribution in [0.5, 0.6) is 0 Å². The van der Waals surface area contributed by atoms with E-state index in [-0.39, 0.29) is 0 Å². The van der Waals surface area contributed by atoms with Crippen molar-refractivity contribution in [3.63, 3.8) is 0 Å². The van der Waals surface area contributed by atoms with Crippen LogP contribution in [0, 0.1) is 0 Å². The van der Waals surface area contributed by atoms with Gasteiger partial charge in [0.1, 0.15) is 0 Å². The van der Waals surface area contributed by atoms with Crippen molar-refractivity contribution in [1.29, 1.82) is 0 Å². The molecule has 0 aromatic rings. The molecule has 0 spiro atoms.